The predicted octanol–water partition coefficient (Wildman–Crippen LogP) is 6.96. The average molecular weight is 358 g/mol. The van der Waals surface area contributed by atoms with Crippen LogP contribution in [-0.2, 0) is 12.8 Å². The zero-order valence-corrected chi connectivity index (χ0v) is 15.5. The molecule has 1 aromatic heterocycles. The Bertz CT molecular complexity index is 803. The van der Waals surface area contributed by atoms with Crippen molar-refractivity contribution in [3.8, 4) is 0 Å². The van der Waals surface area contributed by atoms with Gasteiger partial charge in [-0.1, -0.05) is 72.8 Å². The van der Waals surface area contributed by atoms with Gasteiger partial charge in [0.2, 0.25) is 0 Å². The summed E-state index contributed by atoms with van der Waals surface area (Å²) < 4.78 is 0. The van der Waals surface area contributed by atoms with Crippen molar-refractivity contribution in [2.45, 2.75) is 12.8 Å². The van der Waals surface area contributed by atoms with Gasteiger partial charge in [0.1, 0.15) is 0 Å². The lowest BCUT2D eigenvalue weighted by Crippen LogP contribution is -1.87. The summed E-state index contributed by atoms with van der Waals surface area (Å²) in [6.45, 7) is 0. The Morgan fingerprint density at radius 2 is 1.08 bits per heavy atom. The fourth-order valence-corrected chi connectivity index (χ4v) is 3.29. The Morgan fingerprint density at radius 3 is 1.58 bits per heavy atom. The number of thiophene rings is 1. The summed E-state index contributed by atoms with van der Waals surface area (Å²) in [4.78, 5) is 1.48. The highest BCUT2D eigenvalue weighted by molar-refractivity contribution is 7.09. The van der Waals surface area contributed by atoms with Crippen LogP contribution >= 0.6 is 11.3 Å². The van der Waals surface area contributed by atoms with Crippen LogP contribution in [0.25, 0.3) is 0 Å². The minimum atomic E-state index is 1.12. The molecule has 0 aliphatic rings. The number of benzene rings is 3. The van der Waals surface area contributed by atoms with Crippen LogP contribution in [0.4, 0.5) is 11.4 Å². The molecule has 1 N–H and O–H groups in total. The van der Waals surface area contributed by atoms with Crippen LogP contribution < -0.4 is 5.32 Å². The molecular weight excluding hydrogens is 334 g/mol. The normalized spacial score (nSPS) is 9.85. The van der Waals surface area contributed by atoms with E-state index in [4.69, 9.17) is 0 Å². The summed E-state index contributed by atoms with van der Waals surface area (Å²) in [5, 5.41) is 5.44. The maximum absolute atomic E-state index is 3.30. The molecule has 0 fully saturated rings. The van der Waals surface area contributed by atoms with E-state index in [9.17, 15) is 0 Å². The first-order valence-electron chi connectivity index (χ1n) is 8.83. The van der Waals surface area contributed by atoms with Crippen LogP contribution in [-0.4, -0.2) is 0 Å². The molecule has 3 aromatic carbocycles. The largest absolute Gasteiger partial charge is 0.356 e. The topological polar surface area (TPSA) is 12.0 Å². The Kier molecular flexibility index (Phi) is 7.06. The zero-order chi connectivity index (χ0) is 17.9. The lowest BCUT2D eigenvalue weighted by molar-refractivity contribution is 0.981. The van der Waals surface area contributed by atoms with Gasteiger partial charge >= 0.3 is 0 Å². The van der Waals surface area contributed by atoms with Gasteiger partial charge in [0, 0.05) is 16.3 Å². The summed E-state index contributed by atoms with van der Waals surface area (Å²) in [5.41, 5.74) is 3.67. The van der Waals surface area contributed by atoms with E-state index in [0.29, 0.717) is 0 Å². The third kappa shape index (κ3) is 6.23. The van der Waals surface area contributed by atoms with Crippen LogP contribution in [0, 0.1) is 0 Å². The van der Waals surface area contributed by atoms with Crippen molar-refractivity contribution in [1.82, 2.24) is 0 Å². The molecule has 0 radical (unpaired) electrons. The maximum Gasteiger partial charge on any atom is 0.0384 e. The summed E-state index contributed by atoms with van der Waals surface area (Å²) in [6, 6.07) is 35.3. The van der Waals surface area contributed by atoms with Gasteiger partial charge in [0.15, 0.2) is 0 Å². The Morgan fingerprint density at radius 1 is 0.538 bits per heavy atom. The van der Waals surface area contributed by atoms with Crippen LogP contribution in [0.1, 0.15) is 10.4 Å². The molecule has 0 spiro atoms. The number of nitrogens with one attached hydrogen (secondary N) is 1. The van der Waals surface area contributed by atoms with Gasteiger partial charge in [-0.25, -0.2) is 0 Å². The van der Waals surface area contributed by atoms with Gasteiger partial charge < -0.3 is 5.32 Å². The molecule has 26 heavy (non-hydrogen) atoms. The number of para-hydroxylation sites is 2. The molecule has 0 amide bonds. The van der Waals surface area contributed by atoms with Crippen LogP contribution in [0.5, 0.6) is 0 Å². The van der Waals surface area contributed by atoms with E-state index in [0.717, 1.165) is 17.8 Å². The molecule has 0 unspecified atom stereocenters. The number of anilines is 2. The standard InChI is InChI=1S/C12H11N.C12H12S/c1-3-7-11(8-4-1)13-12-9-5-2-6-10-12;1-2-5-11(6-3-1)8-9-12-7-4-10-13-12/h1-10,13H;1-7,10H,8-9H2. The first kappa shape index (κ1) is 18.0. The van der Waals surface area contributed by atoms with Crippen molar-refractivity contribution >= 4 is 22.7 Å². The van der Waals surface area contributed by atoms with E-state index in [-0.39, 0.29) is 0 Å². The molecule has 0 saturated carbocycles. The Hall–Kier alpha value is -2.84. The minimum absolute atomic E-state index is 1.12. The number of hydrogen-bond donors (Lipinski definition) is 1. The van der Waals surface area contributed by atoms with Gasteiger partial charge in [0.05, 0.1) is 0 Å². The number of rotatable bonds is 5. The van der Waals surface area contributed by atoms with Crippen LogP contribution in [0.3, 0.4) is 0 Å². The van der Waals surface area contributed by atoms with Crippen molar-refractivity contribution in [2.75, 3.05) is 5.32 Å². The summed E-state index contributed by atoms with van der Waals surface area (Å²) >= 11 is 1.84. The maximum atomic E-state index is 3.30. The third-order valence-electron chi connectivity index (χ3n) is 3.92. The highest BCUT2D eigenvalue weighted by Gasteiger charge is 1.94. The molecular formula is C24H23NS. The summed E-state index contributed by atoms with van der Waals surface area (Å²) in [6.07, 6.45) is 2.32. The van der Waals surface area contributed by atoms with Crippen molar-refractivity contribution in [2.24, 2.45) is 0 Å². The molecule has 2 heteroatoms. The van der Waals surface area contributed by atoms with Crippen LogP contribution in [0.15, 0.2) is 109 Å². The van der Waals surface area contributed by atoms with E-state index < -0.39 is 0 Å². The second kappa shape index (κ2) is 10.2. The third-order valence-corrected chi connectivity index (χ3v) is 4.86. The van der Waals surface area contributed by atoms with E-state index in [2.05, 4.69) is 53.2 Å². The molecule has 0 aliphatic heterocycles. The van der Waals surface area contributed by atoms with E-state index in [1.165, 1.54) is 16.9 Å². The molecule has 1 nitrogen and oxygen atoms in total. The lowest BCUT2D eigenvalue weighted by Gasteiger charge is -2.04. The van der Waals surface area contributed by atoms with Crippen LogP contribution in [0.2, 0.25) is 0 Å². The minimum Gasteiger partial charge on any atom is -0.356 e. The van der Waals surface area contributed by atoms with Gasteiger partial charge in [0.25, 0.3) is 0 Å². The summed E-state index contributed by atoms with van der Waals surface area (Å²) in [7, 11) is 0. The Balaban J connectivity index is 0.000000151. The molecule has 4 rings (SSSR count). The van der Waals surface area contributed by atoms with Crippen molar-refractivity contribution < 1.29 is 0 Å². The molecule has 0 saturated heterocycles. The molecule has 0 atom stereocenters. The second-order valence-electron chi connectivity index (χ2n) is 5.92. The monoisotopic (exact) mass is 357 g/mol. The number of aryl methyl sites for hydroxylation is 2. The van der Waals surface area contributed by atoms with Crippen molar-refractivity contribution in [3.05, 3.63) is 119 Å². The van der Waals surface area contributed by atoms with E-state index in [1.807, 2.05) is 72.0 Å². The molecule has 130 valence electrons. The quantitative estimate of drug-likeness (QED) is 0.407. The second-order valence-corrected chi connectivity index (χ2v) is 6.95. The molecule has 0 bridgehead atoms. The fraction of sp³-hybridized carbons (Fsp3) is 0.0833. The smallest absolute Gasteiger partial charge is 0.0384 e. The van der Waals surface area contributed by atoms with Gasteiger partial charge in [-0.05, 0) is 54.1 Å². The summed E-state index contributed by atoms with van der Waals surface area (Å²) in [5.74, 6) is 0. The first-order valence-corrected chi connectivity index (χ1v) is 9.71. The lowest BCUT2D eigenvalue weighted by atomic mass is 10.1. The van der Waals surface area contributed by atoms with E-state index in [1.54, 1.807) is 0 Å². The number of hydrogen-bond acceptors (Lipinski definition) is 2. The van der Waals surface area contributed by atoms with E-state index >= 15 is 0 Å². The zero-order valence-electron chi connectivity index (χ0n) is 14.7. The van der Waals surface area contributed by atoms with Crippen molar-refractivity contribution in [1.29, 1.82) is 0 Å². The Labute approximate surface area is 160 Å². The average Bonchev–Trinajstić information content (AvgIpc) is 3.23. The highest BCUT2D eigenvalue weighted by Crippen LogP contribution is 2.14. The van der Waals surface area contributed by atoms with Gasteiger partial charge in [-0.2, -0.15) is 0 Å². The predicted molar refractivity (Wildman–Crippen MR) is 114 cm³/mol. The van der Waals surface area contributed by atoms with Gasteiger partial charge in [-0.3, -0.25) is 0 Å². The highest BCUT2D eigenvalue weighted by atomic mass is 32.1. The SMILES string of the molecule is c1ccc(CCc2cccs2)cc1.c1ccc(Nc2ccccc2)cc1. The molecule has 0 aliphatic carbocycles. The molecule has 1 heterocycles. The van der Waals surface area contributed by atoms with Gasteiger partial charge in [-0.15, -0.1) is 11.3 Å². The molecule has 4 aromatic rings. The van der Waals surface area contributed by atoms with Crippen molar-refractivity contribution in [3.63, 3.8) is 0 Å². The fourth-order valence-electron chi connectivity index (χ4n) is 2.58. The first-order chi connectivity index (χ1) is 12.9.